The molecule has 0 bridgehead atoms. The van der Waals surface area contributed by atoms with E-state index in [-0.39, 0.29) is 0 Å². The predicted octanol–water partition coefficient (Wildman–Crippen LogP) is 4.00. The van der Waals surface area contributed by atoms with Crippen molar-refractivity contribution in [3.63, 3.8) is 0 Å². The van der Waals surface area contributed by atoms with Crippen molar-refractivity contribution in [1.82, 2.24) is 5.32 Å². The number of rotatable bonds is 7. The zero-order valence-corrected chi connectivity index (χ0v) is 18.5. The monoisotopic (exact) mass is 486 g/mol. The lowest BCUT2D eigenvalue weighted by atomic mass is 9.78. The molecule has 1 heterocycles. The summed E-state index contributed by atoms with van der Waals surface area (Å²) >= 11 is 4.72. The van der Waals surface area contributed by atoms with Gasteiger partial charge in [-0.2, -0.15) is 5.26 Å². The summed E-state index contributed by atoms with van der Waals surface area (Å²) in [6.07, 6.45) is 0. The first kappa shape index (κ1) is 21.9. The van der Waals surface area contributed by atoms with E-state index in [4.69, 9.17) is 9.47 Å². The summed E-state index contributed by atoms with van der Waals surface area (Å²) in [6.45, 7) is 0.398. The topological polar surface area (TPSA) is 88.4 Å². The average Bonchev–Trinajstić information content (AvgIpc) is 2.76. The van der Waals surface area contributed by atoms with Gasteiger partial charge in [0.1, 0.15) is 11.7 Å². The van der Waals surface area contributed by atoms with Crippen LogP contribution in [0.3, 0.4) is 0 Å². The average molecular weight is 487 g/mol. The quantitative estimate of drug-likeness (QED) is 0.361. The molecule has 0 spiro atoms. The Balaban J connectivity index is 1.86. The zero-order valence-electron chi connectivity index (χ0n) is 16.1. The lowest BCUT2D eigenvalue weighted by Crippen LogP contribution is -2.44. The number of amides is 1. The molecule has 30 heavy (non-hydrogen) atoms. The minimum Gasteiger partial charge on any atom is -0.493 e. The van der Waals surface area contributed by atoms with Gasteiger partial charge in [0, 0.05) is 16.1 Å². The fourth-order valence-corrected chi connectivity index (χ4v) is 4.49. The molecule has 2 aromatic carbocycles. The third kappa shape index (κ3) is 5.04. The summed E-state index contributed by atoms with van der Waals surface area (Å²) in [6, 6.07) is 18.8. The highest BCUT2D eigenvalue weighted by Crippen LogP contribution is 2.40. The largest absolute Gasteiger partial charge is 0.493 e. The molecule has 0 fully saturated rings. The second kappa shape index (κ2) is 10.3. The Hall–Kier alpha value is -2.76. The number of esters is 1. The van der Waals surface area contributed by atoms with Crippen molar-refractivity contribution in [2.45, 2.75) is 5.92 Å². The second-order valence-electron chi connectivity index (χ2n) is 6.39. The smallest absolute Gasteiger partial charge is 0.319 e. The number of nitrogens with one attached hydrogen (secondary N) is 1. The summed E-state index contributed by atoms with van der Waals surface area (Å²) in [5, 5.41) is 13.0. The number of methoxy groups -OCH3 is 1. The van der Waals surface area contributed by atoms with Crippen LogP contribution in [0.4, 0.5) is 0 Å². The van der Waals surface area contributed by atoms with E-state index in [1.54, 1.807) is 18.2 Å². The van der Waals surface area contributed by atoms with Gasteiger partial charge in [0.15, 0.2) is 0 Å². The summed E-state index contributed by atoms with van der Waals surface area (Å²) in [5.74, 6) is -1.77. The molecule has 0 unspecified atom stereocenters. The minimum absolute atomic E-state index is 0.327. The number of allylic oxidation sites excluding steroid dienone is 1. The Morgan fingerprint density at radius 1 is 1.23 bits per heavy atom. The minimum atomic E-state index is -1.14. The summed E-state index contributed by atoms with van der Waals surface area (Å²) in [7, 11) is 1.23. The third-order valence-corrected chi connectivity index (χ3v) is 6.01. The molecule has 0 aromatic heterocycles. The molecule has 0 aliphatic carbocycles. The predicted molar refractivity (Wildman–Crippen MR) is 118 cm³/mol. The van der Waals surface area contributed by atoms with Gasteiger partial charge >= 0.3 is 5.97 Å². The zero-order chi connectivity index (χ0) is 21.5. The lowest BCUT2D eigenvalue weighted by molar-refractivity contribution is -0.150. The fraction of sp³-hybridized carbons (Fsp3) is 0.227. The number of ether oxygens (including phenoxy) is 2. The van der Waals surface area contributed by atoms with Crippen LogP contribution < -0.4 is 10.1 Å². The summed E-state index contributed by atoms with van der Waals surface area (Å²) in [4.78, 5) is 25.2. The number of thioether (sulfide) groups is 1. The highest BCUT2D eigenvalue weighted by molar-refractivity contribution is 9.10. The van der Waals surface area contributed by atoms with Gasteiger partial charge in [-0.25, -0.2) is 0 Å². The van der Waals surface area contributed by atoms with Gasteiger partial charge in [0.05, 0.1) is 30.4 Å². The highest BCUT2D eigenvalue weighted by atomic mass is 79.9. The first-order valence-corrected chi connectivity index (χ1v) is 10.9. The van der Waals surface area contributed by atoms with E-state index in [9.17, 15) is 14.9 Å². The van der Waals surface area contributed by atoms with E-state index in [0.717, 1.165) is 10.2 Å². The van der Waals surface area contributed by atoms with Crippen molar-refractivity contribution in [2.75, 3.05) is 19.5 Å². The molecule has 0 saturated carbocycles. The van der Waals surface area contributed by atoms with Gasteiger partial charge in [-0.05, 0) is 29.8 Å². The molecule has 154 valence electrons. The number of hydrogen-bond acceptors (Lipinski definition) is 6. The molecular weight excluding hydrogens is 468 g/mol. The van der Waals surface area contributed by atoms with Gasteiger partial charge in [-0.15, -0.1) is 11.8 Å². The molecule has 3 rings (SSSR count). The van der Waals surface area contributed by atoms with Gasteiger partial charge in [0.2, 0.25) is 5.91 Å². The molecule has 1 N–H and O–H groups in total. The molecule has 2 atom stereocenters. The Labute approximate surface area is 187 Å². The first-order valence-electron chi connectivity index (χ1n) is 9.14. The van der Waals surface area contributed by atoms with Crippen molar-refractivity contribution in [1.29, 1.82) is 5.26 Å². The molecule has 1 aliphatic rings. The fourth-order valence-electron chi connectivity index (χ4n) is 3.20. The van der Waals surface area contributed by atoms with Crippen LogP contribution in [0, 0.1) is 17.2 Å². The number of nitrogens with zero attached hydrogens (tertiary/aromatic N) is 1. The molecule has 0 radical (unpaired) electrons. The molecule has 0 saturated heterocycles. The second-order valence-corrected chi connectivity index (χ2v) is 8.41. The first-order chi connectivity index (χ1) is 14.5. The van der Waals surface area contributed by atoms with Crippen LogP contribution in [0.25, 0.3) is 0 Å². The SMILES string of the molecule is COC(=O)[C@H]1C(=O)NC(SCCOc2ccccc2)=C(C#N)[C@@H]1c1cccc(Br)c1. The van der Waals surface area contributed by atoms with Crippen LogP contribution in [0.5, 0.6) is 5.75 Å². The van der Waals surface area contributed by atoms with Crippen LogP contribution in [0.1, 0.15) is 11.5 Å². The van der Waals surface area contributed by atoms with Gasteiger partial charge < -0.3 is 14.8 Å². The van der Waals surface area contributed by atoms with Gasteiger partial charge in [0.25, 0.3) is 0 Å². The maximum absolute atomic E-state index is 12.8. The van der Waals surface area contributed by atoms with Crippen molar-refractivity contribution in [3.8, 4) is 11.8 Å². The van der Waals surface area contributed by atoms with Crippen molar-refractivity contribution in [2.24, 2.45) is 5.92 Å². The molecule has 1 amide bonds. The van der Waals surface area contributed by atoms with Gasteiger partial charge in [-0.1, -0.05) is 46.3 Å². The number of benzene rings is 2. The normalized spacial score (nSPS) is 18.4. The lowest BCUT2D eigenvalue weighted by Gasteiger charge is -2.31. The summed E-state index contributed by atoms with van der Waals surface area (Å²) < 4.78 is 11.3. The number of nitriles is 1. The van der Waals surface area contributed by atoms with Crippen LogP contribution in [-0.4, -0.2) is 31.3 Å². The number of carbonyl (C=O) groups is 2. The van der Waals surface area contributed by atoms with E-state index in [0.29, 0.717) is 28.5 Å². The third-order valence-electron chi connectivity index (χ3n) is 4.53. The van der Waals surface area contributed by atoms with Crippen LogP contribution in [-0.2, 0) is 14.3 Å². The summed E-state index contributed by atoms with van der Waals surface area (Å²) in [5.41, 5.74) is 1.01. The molecular formula is C22H19BrN2O4S. The van der Waals surface area contributed by atoms with Gasteiger partial charge in [-0.3, -0.25) is 9.59 Å². The van der Waals surface area contributed by atoms with E-state index < -0.39 is 23.7 Å². The number of halogens is 1. The standard InChI is InChI=1S/C22H19BrN2O4S/c1-28-22(27)19-18(14-6-5-7-15(23)12-14)17(13-24)21(25-20(19)26)30-11-10-29-16-8-3-2-4-9-16/h2-9,12,18-19H,10-11H2,1H3,(H,25,26)/t18-,19+/m0/s1. The van der Waals surface area contributed by atoms with E-state index in [2.05, 4.69) is 27.3 Å². The van der Waals surface area contributed by atoms with Crippen LogP contribution in [0.15, 0.2) is 69.7 Å². The molecule has 2 aromatic rings. The Morgan fingerprint density at radius 3 is 2.67 bits per heavy atom. The number of para-hydroxylation sites is 1. The maximum Gasteiger partial charge on any atom is 0.319 e. The number of carbonyl (C=O) groups excluding carboxylic acids is 2. The Bertz CT molecular complexity index is 1000. The van der Waals surface area contributed by atoms with Crippen LogP contribution >= 0.6 is 27.7 Å². The van der Waals surface area contributed by atoms with E-state index >= 15 is 0 Å². The Morgan fingerprint density at radius 2 is 2.00 bits per heavy atom. The molecule has 8 heteroatoms. The van der Waals surface area contributed by atoms with Crippen LogP contribution in [0.2, 0.25) is 0 Å². The van der Waals surface area contributed by atoms with Crippen molar-refractivity contribution >= 4 is 39.6 Å². The molecule has 6 nitrogen and oxygen atoms in total. The molecule has 1 aliphatic heterocycles. The highest BCUT2D eigenvalue weighted by Gasteiger charge is 2.44. The van der Waals surface area contributed by atoms with Crippen molar-refractivity contribution < 1.29 is 19.1 Å². The maximum atomic E-state index is 12.8. The Kier molecular flexibility index (Phi) is 7.55. The van der Waals surface area contributed by atoms with E-state index in [1.807, 2.05) is 36.4 Å². The van der Waals surface area contributed by atoms with E-state index in [1.165, 1.54) is 18.9 Å². The number of hydrogen-bond donors (Lipinski definition) is 1. The van der Waals surface area contributed by atoms with Crippen molar-refractivity contribution in [3.05, 3.63) is 75.2 Å².